The average molecular weight is 230 g/mol. The Morgan fingerprint density at radius 1 is 0.938 bits per heavy atom. The lowest BCUT2D eigenvalue weighted by Crippen LogP contribution is -2.33. The summed E-state index contributed by atoms with van der Waals surface area (Å²) >= 11 is 0. The van der Waals surface area contributed by atoms with E-state index in [9.17, 15) is 0 Å². The van der Waals surface area contributed by atoms with Gasteiger partial charge >= 0.3 is 0 Å². The maximum Gasteiger partial charge on any atom is -0.000837 e. The second kappa shape index (κ2) is 12.9. The van der Waals surface area contributed by atoms with Crippen LogP contribution in [0.2, 0.25) is 0 Å². The molecule has 0 aliphatic heterocycles. The Labute approximate surface area is 101 Å². The van der Waals surface area contributed by atoms with Crippen LogP contribution in [0.25, 0.3) is 0 Å². The van der Waals surface area contributed by atoms with Crippen LogP contribution in [0.1, 0.15) is 32.6 Å². The molecular weight excluding hydrogens is 200 g/mol. The molecule has 0 heterocycles. The smallest absolute Gasteiger partial charge is 0.000837 e. The topological polar surface area (TPSA) is 76.1 Å². The lowest BCUT2D eigenvalue weighted by atomic mass is 10.0. The molecular formula is C12H30N4. The van der Waals surface area contributed by atoms with E-state index < -0.39 is 0 Å². The van der Waals surface area contributed by atoms with Crippen LogP contribution >= 0.6 is 0 Å². The average Bonchev–Trinajstić information content (AvgIpc) is 2.30. The predicted octanol–water partition coefficient (Wildman–Crippen LogP) is 0.280. The summed E-state index contributed by atoms with van der Waals surface area (Å²) in [6, 6.07) is 0. The van der Waals surface area contributed by atoms with Gasteiger partial charge in [0.2, 0.25) is 0 Å². The Kier molecular flexibility index (Phi) is 12.8. The highest BCUT2D eigenvalue weighted by atomic mass is 14.9. The minimum absolute atomic E-state index is 0.737. The Hall–Kier alpha value is -0.160. The molecule has 0 saturated carbocycles. The van der Waals surface area contributed by atoms with Gasteiger partial charge in [-0.3, -0.25) is 0 Å². The first-order valence-corrected chi connectivity index (χ1v) is 6.66. The Balaban J connectivity index is 3.45. The molecule has 0 spiro atoms. The van der Waals surface area contributed by atoms with Gasteiger partial charge in [0.15, 0.2) is 0 Å². The van der Waals surface area contributed by atoms with Crippen LogP contribution in [0.4, 0.5) is 0 Å². The zero-order valence-electron chi connectivity index (χ0n) is 10.8. The molecule has 6 N–H and O–H groups in total. The molecule has 4 heteroatoms. The van der Waals surface area contributed by atoms with E-state index in [1.165, 1.54) is 12.8 Å². The fraction of sp³-hybridized carbons (Fsp3) is 1.00. The van der Waals surface area contributed by atoms with Crippen LogP contribution in [-0.2, 0) is 0 Å². The van der Waals surface area contributed by atoms with Gasteiger partial charge in [0.25, 0.3) is 0 Å². The summed E-state index contributed by atoms with van der Waals surface area (Å²) < 4.78 is 0. The van der Waals surface area contributed by atoms with E-state index in [1.54, 1.807) is 0 Å². The summed E-state index contributed by atoms with van der Waals surface area (Å²) in [5, 5.41) is 6.93. The molecule has 0 saturated heterocycles. The maximum absolute atomic E-state index is 5.45. The normalized spacial score (nSPS) is 11.2. The zero-order chi connectivity index (χ0) is 12.1. The van der Waals surface area contributed by atoms with E-state index in [1.807, 2.05) is 0 Å². The molecule has 98 valence electrons. The highest BCUT2D eigenvalue weighted by Gasteiger charge is 2.06. The van der Waals surface area contributed by atoms with Gasteiger partial charge in [-0.1, -0.05) is 13.3 Å². The van der Waals surface area contributed by atoms with Crippen molar-refractivity contribution >= 4 is 0 Å². The number of hydrogen-bond donors (Lipinski definition) is 4. The second-order valence-electron chi connectivity index (χ2n) is 4.35. The quantitative estimate of drug-likeness (QED) is 0.363. The van der Waals surface area contributed by atoms with Gasteiger partial charge in [0.1, 0.15) is 0 Å². The van der Waals surface area contributed by atoms with Crippen molar-refractivity contribution in [2.45, 2.75) is 32.6 Å². The van der Waals surface area contributed by atoms with Crippen molar-refractivity contribution in [1.82, 2.24) is 10.6 Å². The minimum atomic E-state index is 0.737. The Morgan fingerprint density at radius 2 is 1.44 bits per heavy atom. The van der Waals surface area contributed by atoms with Crippen molar-refractivity contribution in [3.05, 3.63) is 0 Å². The number of hydrogen-bond acceptors (Lipinski definition) is 4. The van der Waals surface area contributed by atoms with Crippen LogP contribution in [0.3, 0.4) is 0 Å². The van der Waals surface area contributed by atoms with Crippen molar-refractivity contribution in [3.63, 3.8) is 0 Å². The third-order valence-electron chi connectivity index (χ3n) is 2.68. The molecule has 0 amide bonds. The standard InChI is InChI=1S/C12H30N4/c1-2-5-12(10-15-8-3-6-13)11-16-9-4-7-14/h12,15-16H,2-11,13-14H2,1H3. The van der Waals surface area contributed by atoms with Crippen LogP contribution in [0, 0.1) is 5.92 Å². The van der Waals surface area contributed by atoms with Gasteiger partial charge in [0.05, 0.1) is 0 Å². The lowest BCUT2D eigenvalue weighted by Gasteiger charge is -2.17. The van der Waals surface area contributed by atoms with Gasteiger partial charge in [-0.05, 0) is 64.4 Å². The molecule has 0 atom stereocenters. The molecule has 0 unspecified atom stereocenters. The zero-order valence-corrected chi connectivity index (χ0v) is 10.8. The summed E-state index contributed by atoms with van der Waals surface area (Å²) in [5.74, 6) is 0.737. The largest absolute Gasteiger partial charge is 0.330 e. The molecule has 0 aromatic rings. The van der Waals surface area contributed by atoms with Gasteiger partial charge < -0.3 is 22.1 Å². The first kappa shape index (κ1) is 15.8. The molecule has 0 aromatic heterocycles. The molecule has 0 bridgehead atoms. The van der Waals surface area contributed by atoms with E-state index in [0.29, 0.717) is 0 Å². The van der Waals surface area contributed by atoms with Crippen LogP contribution < -0.4 is 22.1 Å². The summed E-state index contributed by atoms with van der Waals surface area (Å²) in [5.41, 5.74) is 10.9. The van der Waals surface area contributed by atoms with Gasteiger partial charge in [0, 0.05) is 0 Å². The fourth-order valence-corrected chi connectivity index (χ4v) is 1.75. The summed E-state index contributed by atoms with van der Waals surface area (Å²) in [7, 11) is 0. The third kappa shape index (κ3) is 10.4. The van der Waals surface area contributed by atoms with E-state index in [-0.39, 0.29) is 0 Å². The van der Waals surface area contributed by atoms with Crippen molar-refractivity contribution < 1.29 is 0 Å². The second-order valence-corrected chi connectivity index (χ2v) is 4.35. The predicted molar refractivity (Wildman–Crippen MR) is 71.5 cm³/mol. The number of nitrogens with one attached hydrogen (secondary N) is 2. The molecule has 0 aliphatic carbocycles. The molecule has 0 rings (SSSR count). The lowest BCUT2D eigenvalue weighted by molar-refractivity contribution is 0.412. The first-order chi connectivity index (χ1) is 7.85. The molecule has 16 heavy (non-hydrogen) atoms. The van der Waals surface area contributed by atoms with E-state index >= 15 is 0 Å². The highest BCUT2D eigenvalue weighted by Crippen LogP contribution is 2.03. The van der Waals surface area contributed by atoms with Crippen molar-refractivity contribution in [1.29, 1.82) is 0 Å². The molecule has 0 aliphatic rings. The molecule has 4 nitrogen and oxygen atoms in total. The number of nitrogens with two attached hydrogens (primary N) is 2. The van der Waals surface area contributed by atoms with Gasteiger partial charge in [-0.25, -0.2) is 0 Å². The van der Waals surface area contributed by atoms with Crippen LogP contribution in [0.5, 0.6) is 0 Å². The van der Waals surface area contributed by atoms with Crippen LogP contribution in [0.15, 0.2) is 0 Å². The van der Waals surface area contributed by atoms with Crippen molar-refractivity contribution in [3.8, 4) is 0 Å². The third-order valence-corrected chi connectivity index (χ3v) is 2.68. The Morgan fingerprint density at radius 3 is 1.81 bits per heavy atom. The first-order valence-electron chi connectivity index (χ1n) is 6.66. The van der Waals surface area contributed by atoms with Crippen molar-refractivity contribution in [2.24, 2.45) is 17.4 Å². The SMILES string of the molecule is CCCC(CNCCCN)CNCCCN. The van der Waals surface area contributed by atoms with E-state index in [0.717, 1.165) is 58.0 Å². The highest BCUT2D eigenvalue weighted by molar-refractivity contribution is 4.65. The van der Waals surface area contributed by atoms with Crippen molar-refractivity contribution in [2.75, 3.05) is 39.3 Å². The number of rotatable bonds is 12. The fourth-order valence-electron chi connectivity index (χ4n) is 1.75. The van der Waals surface area contributed by atoms with E-state index in [2.05, 4.69) is 17.6 Å². The minimum Gasteiger partial charge on any atom is -0.330 e. The van der Waals surface area contributed by atoms with Gasteiger partial charge in [-0.2, -0.15) is 0 Å². The molecule has 0 fully saturated rings. The summed E-state index contributed by atoms with van der Waals surface area (Å²) in [4.78, 5) is 0. The summed E-state index contributed by atoms with van der Waals surface area (Å²) in [6.07, 6.45) is 4.67. The van der Waals surface area contributed by atoms with Crippen LogP contribution in [-0.4, -0.2) is 39.3 Å². The monoisotopic (exact) mass is 230 g/mol. The Bertz CT molecular complexity index is 118. The summed E-state index contributed by atoms with van der Waals surface area (Å²) in [6.45, 7) is 8.08. The maximum atomic E-state index is 5.45. The molecule has 0 radical (unpaired) electrons. The van der Waals surface area contributed by atoms with Gasteiger partial charge in [-0.15, -0.1) is 0 Å². The molecule has 0 aromatic carbocycles. The van der Waals surface area contributed by atoms with E-state index in [4.69, 9.17) is 11.5 Å².